The number of ether oxygens (including phenoxy) is 3. The smallest absolute Gasteiger partial charge is 0.341 e. The Morgan fingerprint density at radius 2 is 1.82 bits per heavy atom. The van der Waals surface area contributed by atoms with Crippen molar-refractivity contribution >= 4 is 23.3 Å². The van der Waals surface area contributed by atoms with Crippen molar-refractivity contribution in [1.82, 2.24) is 4.90 Å². The van der Waals surface area contributed by atoms with Crippen molar-refractivity contribution in [1.29, 1.82) is 0 Å². The Morgan fingerprint density at radius 3 is 2.50 bits per heavy atom. The van der Waals surface area contributed by atoms with Gasteiger partial charge in [0.2, 0.25) is 0 Å². The van der Waals surface area contributed by atoms with Crippen LogP contribution in [0.5, 0.6) is 5.75 Å². The molecule has 34 heavy (non-hydrogen) atoms. The molecule has 1 fully saturated rings. The maximum atomic E-state index is 13.8. The van der Waals surface area contributed by atoms with Gasteiger partial charge in [0.25, 0.3) is 5.91 Å². The molecule has 1 amide bonds. The van der Waals surface area contributed by atoms with Crippen molar-refractivity contribution < 1.29 is 23.8 Å². The van der Waals surface area contributed by atoms with E-state index in [4.69, 9.17) is 14.2 Å². The summed E-state index contributed by atoms with van der Waals surface area (Å²) in [6, 6.07) is 20.8. The number of methoxy groups -OCH3 is 1. The third kappa shape index (κ3) is 3.49. The molecule has 0 bridgehead atoms. The maximum Gasteiger partial charge on any atom is 0.341 e. The van der Waals surface area contributed by atoms with Crippen molar-refractivity contribution in [2.45, 2.75) is 19.2 Å². The maximum absolute atomic E-state index is 13.8. The topological polar surface area (TPSA) is 68.3 Å². The zero-order valence-electron chi connectivity index (χ0n) is 19.4. The molecule has 174 valence electrons. The van der Waals surface area contributed by atoms with Gasteiger partial charge >= 0.3 is 5.97 Å². The predicted octanol–water partition coefficient (Wildman–Crippen LogP) is 4.87. The number of esters is 1. The Hall–Kier alpha value is -3.84. The number of fused-ring (bicyclic) bond motifs is 3. The van der Waals surface area contributed by atoms with Gasteiger partial charge in [-0.05, 0) is 42.8 Å². The number of amides is 1. The van der Waals surface area contributed by atoms with E-state index in [9.17, 15) is 9.59 Å². The van der Waals surface area contributed by atoms with Crippen LogP contribution < -0.4 is 9.64 Å². The molecule has 2 aliphatic heterocycles. The molecule has 0 N–H and O–H groups in total. The first-order chi connectivity index (χ1) is 16.5. The molecule has 0 saturated carbocycles. The molecule has 0 unspecified atom stereocenters. The van der Waals surface area contributed by atoms with Crippen molar-refractivity contribution in [2.24, 2.45) is 0 Å². The Morgan fingerprint density at radius 1 is 1.09 bits per heavy atom. The van der Waals surface area contributed by atoms with Gasteiger partial charge in [0, 0.05) is 18.3 Å². The van der Waals surface area contributed by atoms with Crippen LogP contribution in [-0.2, 0) is 9.47 Å². The minimum absolute atomic E-state index is 0.207. The van der Waals surface area contributed by atoms with Crippen LogP contribution in [0.15, 0.2) is 66.7 Å². The van der Waals surface area contributed by atoms with Gasteiger partial charge in [-0.25, -0.2) is 4.79 Å². The number of benzene rings is 3. The van der Waals surface area contributed by atoms with Gasteiger partial charge in [-0.1, -0.05) is 36.4 Å². The Labute approximate surface area is 198 Å². The molecule has 0 aromatic heterocycles. The van der Waals surface area contributed by atoms with Crippen LogP contribution in [0, 0.1) is 0 Å². The normalized spacial score (nSPS) is 18.4. The van der Waals surface area contributed by atoms with Gasteiger partial charge in [-0.15, -0.1) is 0 Å². The van der Waals surface area contributed by atoms with Crippen LogP contribution >= 0.6 is 0 Å². The molecular weight excluding hydrogens is 432 g/mol. The molecule has 3 aromatic rings. The lowest BCUT2D eigenvalue weighted by atomic mass is 9.99. The van der Waals surface area contributed by atoms with E-state index in [2.05, 4.69) is 0 Å². The highest BCUT2D eigenvalue weighted by atomic mass is 16.5. The van der Waals surface area contributed by atoms with E-state index < -0.39 is 12.2 Å². The molecule has 7 heteroatoms. The van der Waals surface area contributed by atoms with Crippen molar-refractivity contribution in [3.05, 3.63) is 89.0 Å². The second kappa shape index (κ2) is 8.83. The van der Waals surface area contributed by atoms with E-state index in [1.165, 1.54) is 0 Å². The summed E-state index contributed by atoms with van der Waals surface area (Å²) >= 11 is 0. The highest BCUT2D eigenvalue weighted by Gasteiger charge is 2.49. The summed E-state index contributed by atoms with van der Waals surface area (Å²) in [5, 5.41) is 0. The largest absolute Gasteiger partial charge is 0.497 e. The van der Waals surface area contributed by atoms with Gasteiger partial charge in [0.1, 0.15) is 5.75 Å². The Balaban J connectivity index is 1.60. The fourth-order valence-corrected chi connectivity index (χ4v) is 4.73. The summed E-state index contributed by atoms with van der Waals surface area (Å²) in [4.78, 5) is 30.6. The second-order valence-corrected chi connectivity index (χ2v) is 8.23. The van der Waals surface area contributed by atoms with Crippen LogP contribution in [-0.4, -0.2) is 44.1 Å². The first kappa shape index (κ1) is 22.0. The number of hydrogen-bond donors (Lipinski definition) is 0. The predicted molar refractivity (Wildman–Crippen MR) is 128 cm³/mol. The van der Waals surface area contributed by atoms with E-state index in [1.54, 1.807) is 18.9 Å². The van der Waals surface area contributed by atoms with Gasteiger partial charge in [-0.3, -0.25) is 9.69 Å². The summed E-state index contributed by atoms with van der Waals surface area (Å²) in [6.07, 6.45) is -0.527. The van der Waals surface area contributed by atoms with Crippen LogP contribution in [0.4, 0.5) is 11.4 Å². The summed E-state index contributed by atoms with van der Waals surface area (Å²) in [5.74, 6) is -0.0171. The van der Waals surface area contributed by atoms with Gasteiger partial charge in [-0.2, -0.15) is 0 Å². The molecule has 5 rings (SSSR count). The Bertz CT molecular complexity index is 1230. The second-order valence-electron chi connectivity index (χ2n) is 8.23. The zero-order chi connectivity index (χ0) is 23.8. The van der Waals surface area contributed by atoms with Crippen molar-refractivity contribution in [3.63, 3.8) is 0 Å². The lowest BCUT2D eigenvalue weighted by Crippen LogP contribution is -2.28. The SMILES string of the molecule is CCOC(=O)c1c(N(C)c2ccc(OC)cc2)ccc2c1C(=O)N1[C@@H](c3ccccc3)CO[C@H]21. The van der Waals surface area contributed by atoms with Gasteiger partial charge in [0.15, 0.2) is 6.23 Å². The third-order valence-electron chi connectivity index (χ3n) is 6.42. The first-order valence-corrected chi connectivity index (χ1v) is 11.3. The molecule has 1 saturated heterocycles. The number of carbonyl (C=O) groups excluding carboxylic acids is 2. The summed E-state index contributed by atoms with van der Waals surface area (Å²) in [5.41, 5.74) is 3.73. The molecule has 0 spiro atoms. The first-order valence-electron chi connectivity index (χ1n) is 11.3. The van der Waals surface area contributed by atoms with E-state index in [0.717, 1.165) is 17.0 Å². The van der Waals surface area contributed by atoms with Crippen molar-refractivity contribution in [2.75, 3.05) is 32.3 Å². The Kier molecular flexibility index (Phi) is 5.71. The van der Waals surface area contributed by atoms with Gasteiger partial charge in [0.05, 0.1) is 43.2 Å². The number of hydrogen-bond acceptors (Lipinski definition) is 6. The van der Waals surface area contributed by atoms with E-state index in [0.29, 0.717) is 23.4 Å². The molecule has 2 heterocycles. The third-order valence-corrected chi connectivity index (χ3v) is 6.42. The van der Waals surface area contributed by atoms with E-state index in [1.807, 2.05) is 78.7 Å². The molecule has 3 aromatic carbocycles. The fraction of sp³-hybridized carbons (Fsp3) is 0.259. The average Bonchev–Trinajstić information content (AvgIpc) is 3.43. The highest BCUT2D eigenvalue weighted by molar-refractivity contribution is 6.12. The quantitative estimate of drug-likeness (QED) is 0.491. The standard InChI is InChI=1S/C27H26N2O5/c1-4-33-27(31)24-21(28(2)18-10-12-19(32-3)13-11-18)15-14-20-23(24)25(30)29-22(16-34-26(20)29)17-8-6-5-7-9-17/h5-15,22,26H,4,16H2,1-3H3/t22-,26-/m1/s1. The minimum Gasteiger partial charge on any atom is -0.497 e. The van der Waals surface area contributed by atoms with E-state index in [-0.39, 0.29) is 24.1 Å². The molecule has 0 radical (unpaired) electrons. The van der Waals surface area contributed by atoms with Crippen LogP contribution in [0.2, 0.25) is 0 Å². The average molecular weight is 459 g/mol. The molecule has 2 aliphatic rings. The number of rotatable bonds is 6. The molecule has 7 nitrogen and oxygen atoms in total. The lowest BCUT2D eigenvalue weighted by molar-refractivity contribution is 0.0351. The molecule has 0 aliphatic carbocycles. The molecule has 2 atom stereocenters. The minimum atomic E-state index is -0.527. The lowest BCUT2D eigenvalue weighted by Gasteiger charge is -2.24. The highest BCUT2D eigenvalue weighted by Crippen LogP contribution is 2.48. The number of anilines is 2. The van der Waals surface area contributed by atoms with Crippen LogP contribution in [0.25, 0.3) is 0 Å². The summed E-state index contributed by atoms with van der Waals surface area (Å²) in [6.45, 7) is 2.36. The van der Waals surface area contributed by atoms with Crippen LogP contribution in [0.3, 0.4) is 0 Å². The fourth-order valence-electron chi connectivity index (χ4n) is 4.73. The number of carbonyl (C=O) groups is 2. The zero-order valence-corrected chi connectivity index (χ0v) is 19.4. The summed E-state index contributed by atoms with van der Waals surface area (Å²) in [7, 11) is 3.47. The summed E-state index contributed by atoms with van der Waals surface area (Å²) < 4.78 is 16.7. The molecular formula is C27H26N2O5. The number of nitrogens with zero attached hydrogens (tertiary/aromatic N) is 2. The van der Waals surface area contributed by atoms with E-state index >= 15 is 0 Å². The monoisotopic (exact) mass is 458 g/mol. The van der Waals surface area contributed by atoms with Gasteiger partial charge < -0.3 is 19.1 Å². The van der Waals surface area contributed by atoms with Crippen molar-refractivity contribution in [3.8, 4) is 5.75 Å². The van der Waals surface area contributed by atoms with Crippen LogP contribution in [0.1, 0.15) is 51.0 Å².